The van der Waals surface area contributed by atoms with Crippen LogP contribution in [0, 0.1) is 28.1 Å². The molecule has 4 aromatic rings. The third-order valence-corrected chi connectivity index (χ3v) is 17.7. The van der Waals surface area contributed by atoms with Crippen molar-refractivity contribution < 1.29 is 38.1 Å². The Hall–Kier alpha value is -5.00. The van der Waals surface area contributed by atoms with Crippen molar-refractivity contribution in [3.8, 4) is 28.6 Å². The highest BCUT2D eigenvalue weighted by Gasteiger charge is 2.54. The lowest BCUT2D eigenvalue weighted by molar-refractivity contribution is -0.173. The van der Waals surface area contributed by atoms with Crippen molar-refractivity contribution in [2.24, 2.45) is 16.7 Å². The monoisotopic (exact) mass is 1020 g/mol. The smallest absolute Gasteiger partial charge is 0.325 e. The molecule has 4 saturated heterocycles. The van der Waals surface area contributed by atoms with Crippen LogP contribution in [-0.4, -0.2) is 139 Å². The minimum Gasteiger partial charge on any atom is -0.464 e. The number of ether oxygens (including phenoxy) is 5. The lowest BCUT2D eigenvalue weighted by atomic mass is 9.69. The van der Waals surface area contributed by atoms with Crippen molar-refractivity contribution in [2.75, 3.05) is 71.2 Å². The van der Waals surface area contributed by atoms with Gasteiger partial charge in [0, 0.05) is 105 Å². The van der Waals surface area contributed by atoms with Crippen LogP contribution in [0.5, 0.6) is 0 Å². The quantitative estimate of drug-likeness (QED) is 0.132. The fourth-order valence-electron chi connectivity index (χ4n) is 12.0. The predicted octanol–water partition coefficient (Wildman–Crippen LogP) is 6.89. The average molecular weight is 1020 g/mol. The van der Waals surface area contributed by atoms with Gasteiger partial charge in [-0.15, -0.1) is 11.3 Å². The summed E-state index contributed by atoms with van der Waals surface area (Å²) in [6.45, 7) is 14.9. The summed E-state index contributed by atoms with van der Waals surface area (Å²) in [5.41, 5.74) is 9.09. The number of nitrogens with zero attached hydrogens (tertiary/aromatic N) is 7. The molecule has 8 heterocycles. The van der Waals surface area contributed by atoms with Crippen molar-refractivity contribution in [2.45, 2.75) is 141 Å². The number of fused-ring (bicyclic) bond motifs is 4. The Balaban J connectivity index is 1.06. The Kier molecular flexibility index (Phi) is 14.2. The molecule has 5 aliphatic heterocycles. The van der Waals surface area contributed by atoms with E-state index in [2.05, 4.69) is 76.2 Å². The molecule has 18 heteroatoms. The highest BCUT2D eigenvalue weighted by Crippen LogP contribution is 2.46. The van der Waals surface area contributed by atoms with Gasteiger partial charge in [0.05, 0.1) is 60.5 Å². The third-order valence-electron chi connectivity index (χ3n) is 16.8. The van der Waals surface area contributed by atoms with Crippen LogP contribution in [-0.2, 0) is 51.0 Å². The third kappa shape index (κ3) is 9.79. The second-order valence-corrected chi connectivity index (χ2v) is 23.1. The van der Waals surface area contributed by atoms with E-state index in [4.69, 9.17) is 33.7 Å². The van der Waals surface area contributed by atoms with Gasteiger partial charge >= 0.3 is 5.97 Å². The molecule has 0 unspecified atom stereocenters. The van der Waals surface area contributed by atoms with Gasteiger partial charge in [0.2, 0.25) is 5.91 Å². The van der Waals surface area contributed by atoms with E-state index >= 15 is 4.79 Å². The van der Waals surface area contributed by atoms with Crippen LogP contribution >= 0.6 is 11.3 Å². The van der Waals surface area contributed by atoms with Gasteiger partial charge in [0.15, 0.2) is 0 Å². The van der Waals surface area contributed by atoms with Crippen LogP contribution in [0.4, 0.5) is 5.69 Å². The number of hydrogen-bond acceptors (Lipinski definition) is 15. The number of esters is 1. The zero-order valence-electron chi connectivity index (χ0n) is 43.0. The Morgan fingerprint density at radius 3 is 2.53 bits per heavy atom. The summed E-state index contributed by atoms with van der Waals surface area (Å²) in [6, 6.07) is 9.56. The molecule has 3 aromatic heterocycles. The number of rotatable bonds is 13. The molecule has 73 heavy (non-hydrogen) atoms. The van der Waals surface area contributed by atoms with Gasteiger partial charge in [0.25, 0.3) is 5.91 Å². The molecule has 17 nitrogen and oxygen atoms in total. The Bertz CT molecular complexity index is 2740. The van der Waals surface area contributed by atoms with E-state index in [1.165, 1.54) is 29.2 Å². The molecule has 8 aliphatic rings. The maximum Gasteiger partial charge on any atom is 0.325 e. The van der Waals surface area contributed by atoms with Crippen molar-refractivity contribution >= 4 is 45.7 Å². The molecule has 3 aliphatic carbocycles. The standard InChI is InChI=1S/C55H71N9O8S/c1-6-70-49-47(59-53(67)55(31-56)14-7-15-55)51(65)64-37-24-35(25-37)46(60-64)52(66)72-32-54(3,4)28-42-40-26-34(43-30-73-50(49)58-43)8-11-44(40)63(20-23-71-39-12-21-69-22-13-39)48(42)41-27-38(29-57-45(41)33(2)68-5)62-18-16-61(17-19-62)36-9-10-36/h8,11,26-27,29-30,33,35-37,39,46-47,49,60H,6-7,9-10,12-25,28,32H2,1-5H3,(H,59,67)/t33-,35?,37?,46-,47-,49-/m0/s1. The number of aromatic nitrogens is 3. The molecule has 0 spiro atoms. The van der Waals surface area contributed by atoms with E-state index in [-0.39, 0.29) is 37.4 Å². The number of nitriles is 1. The van der Waals surface area contributed by atoms with Gasteiger partial charge in [-0.1, -0.05) is 19.9 Å². The second kappa shape index (κ2) is 20.6. The maximum atomic E-state index is 15.0. The number of piperazine rings is 1. The van der Waals surface area contributed by atoms with E-state index in [1.807, 2.05) is 18.5 Å². The largest absolute Gasteiger partial charge is 0.464 e. The molecule has 12 rings (SSSR count). The minimum atomic E-state index is -1.24. The first-order valence-corrected chi connectivity index (χ1v) is 27.7. The normalized spacial score (nSPS) is 26.8. The number of hydrazine groups is 1. The first-order chi connectivity index (χ1) is 35.4. The molecule has 3 saturated carbocycles. The number of anilines is 1. The number of amides is 2. The van der Waals surface area contributed by atoms with E-state index in [0.29, 0.717) is 69.2 Å². The highest BCUT2D eigenvalue weighted by molar-refractivity contribution is 7.10. The average Bonchev–Trinajstić information content (AvgIpc) is 4.05. The lowest BCUT2D eigenvalue weighted by Crippen LogP contribution is -2.72. The van der Waals surface area contributed by atoms with E-state index < -0.39 is 46.8 Å². The molecule has 1 aromatic carbocycles. The number of carbonyl (C=O) groups excluding carboxylic acids is 3. The summed E-state index contributed by atoms with van der Waals surface area (Å²) in [7, 11) is 1.73. The van der Waals surface area contributed by atoms with Gasteiger partial charge in [-0.25, -0.2) is 10.4 Å². The van der Waals surface area contributed by atoms with E-state index in [9.17, 15) is 14.9 Å². The Morgan fingerprint density at radius 2 is 1.84 bits per heavy atom. The zero-order valence-corrected chi connectivity index (χ0v) is 43.8. The molecule has 2 N–H and O–H groups in total. The molecular weight excluding hydrogens is 947 g/mol. The molecule has 2 amide bonds. The van der Waals surface area contributed by atoms with Crippen LogP contribution in [0.3, 0.4) is 0 Å². The SMILES string of the molecule is CCO[C@@H]1c2nc(cs2)-c2ccc3c(c2)c(c(-c2cc(N4CCN(C5CC5)CC4)cnc2[C@H](C)OC)n3CCOC2CCOCC2)CC(C)(C)COC(=O)[C@H]2NN(C(=O)[C@H]1NC(=O)C1(C#N)CCC1)C1CC2C1. The highest BCUT2D eigenvalue weighted by atomic mass is 32.1. The maximum absolute atomic E-state index is 15.0. The molecule has 7 fully saturated rings. The summed E-state index contributed by atoms with van der Waals surface area (Å²) in [5.74, 6) is -1.39. The van der Waals surface area contributed by atoms with Crippen molar-refractivity contribution in [1.29, 1.82) is 5.26 Å². The Morgan fingerprint density at radius 1 is 1.05 bits per heavy atom. The van der Waals surface area contributed by atoms with Crippen molar-refractivity contribution in [1.82, 2.24) is 35.2 Å². The van der Waals surface area contributed by atoms with Gasteiger partial charge in [-0.2, -0.15) is 5.26 Å². The van der Waals surface area contributed by atoms with Crippen molar-refractivity contribution in [3.05, 3.63) is 52.1 Å². The molecule has 390 valence electrons. The number of methoxy groups -OCH3 is 1. The van der Waals surface area contributed by atoms with Crippen LogP contribution in [0.2, 0.25) is 0 Å². The molecular formula is C55H71N9O8S. The van der Waals surface area contributed by atoms with E-state index in [0.717, 1.165) is 96.2 Å². The molecule has 8 bridgehead atoms. The van der Waals surface area contributed by atoms with Gasteiger partial charge in [-0.05, 0) is 108 Å². The fraction of sp³-hybridized carbons (Fsp3) is 0.636. The van der Waals surface area contributed by atoms with Crippen molar-refractivity contribution in [3.63, 3.8) is 0 Å². The number of nitrogens with one attached hydrogen (secondary N) is 2. The number of carbonyl (C=O) groups is 3. The fourth-order valence-corrected chi connectivity index (χ4v) is 12.9. The lowest BCUT2D eigenvalue weighted by Gasteiger charge is -2.53. The number of hydrogen-bond donors (Lipinski definition) is 2. The number of benzene rings is 1. The summed E-state index contributed by atoms with van der Waals surface area (Å²) in [5, 5.41) is 18.3. The molecule has 4 atom stereocenters. The van der Waals surface area contributed by atoms with Gasteiger partial charge < -0.3 is 38.5 Å². The number of thiazole rings is 1. The topological polar surface area (TPSA) is 186 Å². The first-order valence-electron chi connectivity index (χ1n) is 26.8. The number of cyclic esters (lactones) is 1. The molecule has 0 radical (unpaired) electrons. The van der Waals surface area contributed by atoms with E-state index in [1.54, 1.807) is 7.11 Å². The first kappa shape index (κ1) is 50.2. The zero-order chi connectivity index (χ0) is 50.6. The summed E-state index contributed by atoms with van der Waals surface area (Å²) < 4.78 is 33.6. The summed E-state index contributed by atoms with van der Waals surface area (Å²) >= 11 is 1.37. The summed E-state index contributed by atoms with van der Waals surface area (Å²) in [6.07, 6.45) is 8.45. The predicted molar refractivity (Wildman–Crippen MR) is 275 cm³/mol. The minimum absolute atomic E-state index is 0.0200. The summed E-state index contributed by atoms with van der Waals surface area (Å²) in [4.78, 5) is 59.1. The second-order valence-electron chi connectivity index (χ2n) is 22.2. The number of pyridine rings is 1. The van der Waals surface area contributed by atoms with Crippen LogP contribution in [0.25, 0.3) is 33.4 Å². The van der Waals surface area contributed by atoms with Gasteiger partial charge in [0.1, 0.15) is 28.6 Å². The van der Waals surface area contributed by atoms with Crippen LogP contribution in [0.15, 0.2) is 35.8 Å². The van der Waals surface area contributed by atoms with Crippen LogP contribution in [0.1, 0.15) is 114 Å². The Labute approximate surface area is 432 Å². The van der Waals surface area contributed by atoms with Crippen LogP contribution < -0.4 is 15.6 Å². The van der Waals surface area contributed by atoms with Gasteiger partial charge in [-0.3, -0.25) is 29.3 Å².